The van der Waals surface area contributed by atoms with Crippen molar-refractivity contribution >= 4 is 29.7 Å². The van der Waals surface area contributed by atoms with Crippen molar-refractivity contribution in [3.8, 4) is 0 Å². The Morgan fingerprint density at radius 3 is 2.22 bits per heavy atom. The van der Waals surface area contributed by atoms with E-state index in [1.165, 1.54) is 19.4 Å². The second-order valence-corrected chi connectivity index (χ2v) is 9.15. The minimum atomic E-state index is -1.50. The molecule has 3 amide bonds. The summed E-state index contributed by atoms with van der Waals surface area (Å²) < 4.78 is 0. The number of aliphatic hydroxyl groups excluding tert-OH is 1. The highest BCUT2D eigenvalue weighted by Crippen LogP contribution is 2.07. The van der Waals surface area contributed by atoms with Gasteiger partial charge in [-0.25, -0.2) is 9.78 Å². The zero-order valence-electron chi connectivity index (χ0n) is 21.3. The number of H-pyrrole nitrogens is 1. The van der Waals surface area contributed by atoms with Crippen LogP contribution in [0.15, 0.2) is 17.5 Å². The van der Waals surface area contributed by atoms with Gasteiger partial charge in [0.15, 0.2) is 5.96 Å². The number of carboxylic acids is 1. The second-order valence-electron chi connectivity index (χ2n) is 9.15. The summed E-state index contributed by atoms with van der Waals surface area (Å²) in [5.41, 5.74) is 17.0. The minimum Gasteiger partial charge on any atom is -0.480 e. The van der Waals surface area contributed by atoms with Gasteiger partial charge in [-0.05, 0) is 32.1 Å². The monoisotopic (exact) mass is 525 g/mol. The van der Waals surface area contributed by atoms with Crippen molar-refractivity contribution in [1.82, 2.24) is 25.9 Å². The molecule has 5 unspecified atom stereocenters. The first-order valence-corrected chi connectivity index (χ1v) is 11.9. The van der Waals surface area contributed by atoms with E-state index in [4.69, 9.17) is 17.2 Å². The van der Waals surface area contributed by atoms with Crippen LogP contribution in [0.25, 0.3) is 0 Å². The number of nitrogens with one attached hydrogen (secondary N) is 4. The number of guanidine groups is 1. The quantitative estimate of drug-likeness (QED) is 0.0612. The van der Waals surface area contributed by atoms with Gasteiger partial charge >= 0.3 is 5.97 Å². The number of aromatic amines is 1. The average molecular weight is 526 g/mol. The SMILES string of the molecule is CC(C)CC(N)C(=O)NC(CCCN=C(N)N)C(=O)NC(C(=O)NC(Cc1cnc[nH]1)C(=O)O)C(C)O. The Hall–Kier alpha value is -3.72. The van der Waals surface area contributed by atoms with Crippen LogP contribution in [0.3, 0.4) is 0 Å². The van der Waals surface area contributed by atoms with E-state index in [9.17, 15) is 29.4 Å². The van der Waals surface area contributed by atoms with Crippen LogP contribution in [0.1, 0.15) is 45.7 Å². The Labute approximate surface area is 215 Å². The third-order valence-corrected chi connectivity index (χ3v) is 5.30. The Bertz CT molecular complexity index is 916. The molecular formula is C22H39N9O6. The van der Waals surface area contributed by atoms with Crippen molar-refractivity contribution in [2.45, 2.75) is 76.7 Å². The molecule has 1 aromatic rings. The fourth-order valence-corrected chi connectivity index (χ4v) is 3.40. The van der Waals surface area contributed by atoms with Crippen molar-refractivity contribution in [2.75, 3.05) is 6.54 Å². The smallest absolute Gasteiger partial charge is 0.326 e. The molecule has 1 heterocycles. The van der Waals surface area contributed by atoms with E-state index < -0.39 is 54.0 Å². The third kappa shape index (κ3) is 11.7. The van der Waals surface area contributed by atoms with E-state index in [-0.39, 0.29) is 31.3 Å². The van der Waals surface area contributed by atoms with Crippen LogP contribution in [0, 0.1) is 5.92 Å². The number of aliphatic hydroxyl groups is 1. The normalized spacial score (nSPS) is 15.1. The summed E-state index contributed by atoms with van der Waals surface area (Å²) in [5.74, 6) is -3.55. The summed E-state index contributed by atoms with van der Waals surface area (Å²) in [6, 6.07) is -4.83. The average Bonchev–Trinajstić information content (AvgIpc) is 3.30. The molecule has 0 fully saturated rings. The summed E-state index contributed by atoms with van der Waals surface area (Å²) in [7, 11) is 0. The van der Waals surface area contributed by atoms with Crippen LogP contribution in [0.5, 0.6) is 0 Å². The van der Waals surface area contributed by atoms with Crippen molar-refractivity contribution in [3.63, 3.8) is 0 Å². The summed E-state index contributed by atoms with van der Waals surface area (Å²) in [6.07, 6.45) is 2.10. The molecule has 0 aliphatic rings. The van der Waals surface area contributed by atoms with Gasteiger partial charge in [-0.15, -0.1) is 0 Å². The minimum absolute atomic E-state index is 0.0984. The van der Waals surface area contributed by atoms with Crippen LogP contribution in [0.2, 0.25) is 0 Å². The molecule has 12 N–H and O–H groups in total. The molecular weight excluding hydrogens is 486 g/mol. The number of imidazole rings is 1. The molecule has 37 heavy (non-hydrogen) atoms. The Kier molecular flexibility index (Phi) is 13.0. The topological polar surface area (TPSA) is 264 Å². The number of aromatic nitrogens is 2. The van der Waals surface area contributed by atoms with Gasteiger partial charge in [0.1, 0.15) is 18.1 Å². The zero-order chi connectivity index (χ0) is 28.1. The molecule has 0 bridgehead atoms. The third-order valence-electron chi connectivity index (χ3n) is 5.30. The summed E-state index contributed by atoms with van der Waals surface area (Å²) >= 11 is 0. The maximum atomic E-state index is 13.1. The highest BCUT2D eigenvalue weighted by Gasteiger charge is 2.33. The summed E-state index contributed by atoms with van der Waals surface area (Å²) in [6.45, 7) is 5.25. The lowest BCUT2D eigenvalue weighted by Crippen LogP contribution is -2.60. The van der Waals surface area contributed by atoms with Crippen LogP contribution < -0.4 is 33.2 Å². The van der Waals surface area contributed by atoms with Gasteiger partial charge in [0, 0.05) is 24.9 Å². The number of hydrogen-bond donors (Lipinski definition) is 9. The molecule has 0 saturated carbocycles. The van der Waals surface area contributed by atoms with Gasteiger partial charge in [0.2, 0.25) is 17.7 Å². The Morgan fingerprint density at radius 1 is 1.05 bits per heavy atom. The fraction of sp³-hybridized carbons (Fsp3) is 0.636. The number of amides is 3. The number of nitrogens with zero attached hydrogens (tertiary/aromatic N) is 2. The number of nitrogens with two attached hydrogens (primary N) is 3. The van der Waals surface area contributed by atoms with Gasteiger partial charge in [0.25, 0.3) is 0 Å². The number of carboxylic acid groups (broad SMARTS) is 1. The molecule has 208 valence electrons. The van der Waals surface area contributed by atoms with Crippen LogP contribution in [0.4, 0.5) is 0 Å². The number of aliphatic carboxylic acids is 1. The highest BCUT2D eigenvalue weighted by atomic mass is 16.4. The van der Waals surface area contributed by atoms with Crippen LogP contribution in [-0.2, 0) is 25.6 Å². The number of aliphatic imine (C=N–C) groups is 1. The molecule has 0 aliphatic heterocycles. The fourth-order valence-electron chi connectivity index (χ4n) is 3.40. The molecule has 0 saturated heterocycles. The van der Waals surface area contributed by atoms with E-state index in [0.29, 0.717) is 18.5 Å². The number of hydrogen-bond acceptors (Lipinski definition) is 8. The zero-order valence-corrected chi connectivity index (χ0v) is 21.3. The Balaban J connectivity index is 2.97. The molecule has 15 heteroatoms. The number of carbonyl (C=O) groups is 4. The van der Waals surface area contributed by atoms with Crippen LogP contribution >= 0.6 is 0 Å². The van der Waals surface area contributed by atoms with Gasteiger partial charge < -0.3 is 48.3 Å². The molecule has 0 aliphatic carbocycles. The lowest BCUT2D eigenvalue weighted by molar-refractivity contribution is -0.143. The predicted octanol–water partition coefficient (Wildman–Crippen LogP) is -2.70. The first kappa shape index (κ1) is 31.3. The molecule has 0 aromatic carbocycles. The van der Waals surface area contributed by atoms with Crippen LogP contribution in [-0.4, -0.2) is 86.6 Å². The number of rotatable bonds is 16. The standard InChI is InChI=1S/C22H39N9O6/c1-11(2)7-14(23)18(33)29-15(5-4-6-27-22(24)25)19(34)31-17(12(3)32)20(35)30-16(21(36)37)8-13-9-26-10-28-13/h9-12,14-17,32H,4-8,23H2,1-3H3,(H,26,28)(H,29,33)(H,30,35)(H,31,34)(H,36,37)(H4,24,25,27). The molecule has 1 rings (SSSR count). The first-order chi connectivity index (χ1) is 17.3. The molecule has 15 nitrogen and oxygen atoms in total. The molecule has 0 radical (unpaired) electrons. The maximum Gasteiger partial charge on any atom is 0.326 e. The largest absolute Gasteiger partial charge is 0.480 e. The van der Waals surface area contributed by atoms with E-state index in [2.05, 4.69) is 30.9 Å². The predicted molar refractivity (Wildman–Crippen MR) is 135 cm³/mol. The van der Waals surface area contributed by atoms with E-state index in [0.717, 1.165) is 0 Å². The van der Waals surface area contributed by atoms with Gasteiger partial charge in [-0.3, -0.25) is 19.4 Å². The lowest BCUT2D eigenvalue weighted by atomic mass is 10.0. The van der Waals surface area contributed by atoms with Gasteiger partial charge in [-0.2, -0.15) is 0 Å². The molecule has 1 aromatic heterocycles. The maximum absolute atomic E-state index is 13.1. The van der Waals surface area contributed by atoms with E-state index in [1.807, 2.05) is 13.8 Å². The molecule has 5 atom stereocenters. The van der Waals surface area contributed by atoms with E-state index in [1.54, 1.807) is 0 Å². The first-order valence-electron chi connectivity index (χ1n) is 11.9. The second kappa shape index (κ2) is 15.4. The van der Waals surface area contributed by atoms with E-state index >= 15 is 0 Å². The lowest BCUT2D eigenvalue weighted by Gasteiger charge is -2.26. The van der Waals surface area contributed by atoms with Crippen molar-refractivity contribution in [3.05, 3.63) is 18.2 Å². The van der Waals surface area contributed by atoms with Crippen molar-refractivity contribution < 1.29 is 29.4 Å². The van der Waals surface area contributed by atoms with Gasteiger partial charge in [-0.1, -0.05) is 13.8 Å². The number of carbonyl (C=O) groups excluding carboxylic acids is 3. The highest BCUT2D eigenvalue weighted by molar-refractivity contribution is 5.94. The van der Waals surface area contributed by atoms with Gasteiger partial charge in [0.05, 0.1) is 18.5 Å². The summed E-state index contributed by atoms with van der Waals surface area (Å²) in [4.78, 5) is 60.5. The van der Waals surface area contributed by atoms with Crippen molar-refractivity contribution in [1.29, 1.82) is 0 Å². The summed E-state index contributed by atoms with van der Waals surface area (Å²) in [5, 5.41) is 27.0. The molecule has 0 spiro atoms. The Morgan fingerprint density at radius 2 is 1.70 bits per heavy atom. The van der Waals surface area contributed by atoms with Crippen molar-refractivity contribution in [2.24, 2.45) is 28.1 Å².